The Bertz CT molecular complexity index is 526. The predicted octanol–water partition coefficient (Wildman–Crippen LogP) is 2.17. The SMILES string of the molecule is Nc1ccc(O)c(CNc2ccccc2N)c1. The Labute approximate surface area is 99.9 Å². The van der Waals surface area contributed by atoms with E-state index in [1.807, 2.05) is 24.3 Å². The summed E-state index contributed by atoms with van der Waals surface area (Å²) in [5, 5.41) is 12.8. The fourth-order valence-electron chi connectivity index (χ4n) is 1.60. The molecular weight excluding hydrogens is 214 g/mol. The van der Waals surface area contributed by atoms with Crippen molar-refractivity contribution in [1.29, 1.82) is 0 Å². The lowest BCUT2D eigenvalue weighted by Gasteiger charge is -2.10. The van der Waals surface area contributed by atoms with Crippen LogP contribution in [0.4, 0.5) is 17.1 Å². The Morgan fingerprint density at radius 3 is 2.59 bits per heavy atom. The molecule has 0 heterocycles. The molecule has 0 bridgehead atoms. The molecule has 0 unspecified atom stereocenters. The summed E-state index contributed by atoms with van der Waals surface area (Å²) in [7, 11) is 0. The first kappa shape index (κ1) is 11.1. The second-order valence-corrected chi connectivity index (χ2v) is 3.83. The minimum absolute atomic E-state index is 0.223. The number of hydrogen-bond acceptors (Lipinski definition) is 4. The van der Waals surface area contributed by atoms with E-state index >= 15 is 0 Å². The highest BCUT2D eigenvalue weighted by Gasteiger charge is 2.02. The maximum absolute atomic E-state index is 9.66. The quantitative estimate of drug-likeness (QED) is 0.480. The number of hydrogen-bond donors (Lipinski definition) is 4. The van der Waals surface area contributed by atoms with Gasteiger partial charge in [0, 0.05) is 17.8 Å². The van der Waals surface area contributed by atoms with Gasteiger partial charge in [-0.1, -0.05) is 12.1 Å². The Morgan fingerprint density at radius 1 is 1.06 bits per heavy atom. The third kappa shape index (κ3) is 2.60. The molecule has 2 aromatic carbocycles. The molecule has 0 spiro atoms. The van der Waals surface area contributed by atoms with E-state index in [0.717, 1.165) is 11.3 Å². The topological polar surface area (TPSA) is 84.3 Å². The number of benzene rings is 2. The number of nitrogens with two attached hydrogens (primary N) is 2. The molecule has 0 atom stereocenters. The highest BCUT2D eigenvalue weighted by Crippen LogP contribution is 2.23. The smallest absolute Gasteiger partial charge is 0.120 e. The number of nitrogen functional groups attached to an aromatic ring is 2. The van der Waals surface area contributed by atoms with Gasteiger partial charge in [0.15, 0.2) is 0 Å². The number of rotatable bonds is 3. The van der Waals surface area contributed by atoms with Gasteiger partial charge in [-0.2, -0.15) is 0 Å². The highest BCUT2D eigenvalue weighted by molar-refractivity contribution is 5.66. The lowest BCUT2D eigenvalue weighted by molar-refractivity contribution is 0.469. The van der Waals surface area contributed by atoms with E-state index in [1.165, 1.54) is 0 Å². The Hall–Kier alpha value is -2.36. The Morgan fingerprint density at radius 2 is 1.82 bits per heavy atom. The van der Waals surface area contributed by atoms with E-state index < -0.39 is 0 Å². The van der Waals surface area contributed by atoms with Crippen LogP contribution >= 0.6 is 0 Å². The molecule has 0 aliphatic heterocycles. The number of phenolic OH excluding ortho intramolecular Hbond substituents is 1. The summed E-state index contributed by atoms with van der Waals surface area (Å²) in [5.74, 6) is 0.223. The number of anilines is 3. The van der Waals surface area contributed by atoms with Crippen molar-refractivity contribution in [1.82, 2.24) is 0 Å². The van der Waals surface area contributed by atoms with Crippen molar-refractivity contribution in [2.45, 2.75) is 6.54 Å². The van der Waals surface area contributed by atoms with Crippen molar-refractivity contribution < 1.29 is 5.11 Å². The third-order valence-electron chi connectivity index (χ3n) is 2.53. The van der Waals surface area contributed by atoms with Crippen LogP contribution in [0.2, 0.25) is 0 Å². The van der Waals surface area contributed by atoms with Crippen molar-refractivity contribution in [2.75, 3.05) is 16.8 Å². The average Bonchev–Trinajstić information content (AvgIpc) is 2.32. The molecule has 0 amide bonds. The van der Waals surface area contributed by atoms with Crippen LogP contribution < -0.4 is 16.8 Å². The Kier molecular flexibility index (Phi) is 3.05. The highest BCUT2D eigenvalue weighted by atomic mass is 16.3. The Balaban J connectivity index is 2.12. The monoisotopic (exact) mass is 229 g/mol. The summed E-state index contributed by atoms with van der Waals surface area (Å²) in [6.07, 6.45) is 0. The van der Waals surface area contributed by atoms with E-state index in [9.17, 15) is 5.11 Å². The van der Waals surface area contributed by atoms with Crippen molar-refractivity contribution in [2.24, 2.45) is 0 Å². The summed E-state index contributed by atoms with van der Waals surface area (Å²) in [6.45, 7) is 0.477. The first-order valence-electron chi connectivity index (χ1n) is 5.32. The van der Waals surface area contributed by atoms with Gasteiger partial charge in [-0.05, 0) is 30.3 Å². The van der Waals surface area contributed by atoms with Gasteiger partial charge in [-0.3, -0.25) is 0 Å². The normalized spacial score (nSPS) is 10.1. The average molecular weight is 229 g/mol. The van der Waals surface area contributed by atoms with Crippen molar-refractivity contribution in [3.63, 3.8) is 0 Å². The largest absolute Gasteiger partial charge is 0.508 e. The predicted molar refractivity (Wildman–Crippen MR) is 70.7 cm³/mol. The minimum Gasteiger partial charge on any atom is -0.508 e. The van der Waals surface area contributed by atoms with Crippen LogP contribution in [0.25, 0.3) is 0 Å². The van der Waals surface area contributed by atoms with Crippen LogP contribution in [0.15, 0.2) is 42.5 Å². The summed E-state index contributed by atoms with van der Waals surface area (Å²) in [5.41, 5.74) is 14.4. The first-order valence-corrected chi connectivity index (χ1v) is 5.32. The van der Waals surface area contributed by atoms with Crippen LogP contribution in [-0.2, 0) is 6.54 Å². The van der Waals surface area contributed by atoms with E-state index in [4.69, 9.17) is 11.5 Å². The van der Waals surface area contributed by atoms with Gasteiger partial charge in [0.25, 0.3) is 0 Å². The van der Waals surface area contributed by atoms with Crippen LogP contribution in [0, 0.1) is 0 Å². The first-order chi connectivity index (χ1) is 8.16. The summed E-state index contributed by atoms with van der Waals surface area (Å²) >= 11 is 0. The molecule has 0 aliphatic carbocycles. The van der Waals surface area contributed by atoms with E-state index in [2.05, 4.69) is 5.32 Å². The molecule has 4 heteroatoms. The van der Waals surface area contributed by atoms with Gasteiger partial charge in [0.05, 0.1) is 11.4 Å². The molecule has 0 radical (unpaired) electrons. The third-order valence-corrected chi connectivity index (χ3v) is 2.53. The second-order valence-electron chi connectivity index (χ2n) is 3.83. The van der Waals surface area contributed by atoms with Crippen molar-refractivity contribution in [3.8, 4) is 5.75 Å². The lowest BCUT2D eigenvalue weighted by atomic mass is 10.1. The maximum Gasteiger partial charge on any atom is 0.120 e. The van der Waals surface area contributed by atoms with Crippen LogP contribution in [0.3, 0.4) is 0 Å². The zero-order valence-corrected chi connectivity index (χ0v) is 9.35. The van der Waals surface area contributed by atoms with Gasteiger partial charge in [0.2, 0.25) is 0 Å². The molecule has 6 N–H and O–H groups in total. The standard InChI is InChI=1S/C13H15N3O/c14-10-5-6-13(17)9(7-10)8-16-12-4-2-1-3-11(12)15/h1-7,16-17H,8,14-15H2. The molecule has 0 saturated heterocycles. The van der Waals surface area contributed by atoms with Gasteiger partial charge in [-0.25, -0.2) is 0 Å². The van der Waals surface area contributed by atoms with Crippen molar-refractivity contribution in [3.05, 3.63) is 48.0 Å². The van der Waals surface area contributed by atoms with E-state index in [-0.39, 0.29) is 5.75 Å². The molecule has 2 aromatic rings. The summed E-state index contributed by atoms with van der Waals surface area (Å²) < 4.78 is 0. The summed E-state index contributed by atoms with van der Waals surface area (Å²) in [4.78, 5) is 0. The van der Waals surface area contributed by atoms with Crippen LogP contribution in [-0.4, -0.2) is 5.11 Å². The molecule has 0 aliphatic rings. The fraction of sp³-hybridized carbons (Fsp3) is 0.0769. The molecule has 0 saturated carbocycles. The summed E-state index contributed by atoms with van der Waals surface area (Å²) in [6, 6.07) is 12.5. The van der Waals surface area contributed by atoms with Gasteiger partial charge < -0.3 is 21.9 Å². The van der Waals surface area contributed by atoms with Crippen LogP contribution in [0.1, 0.15) is 5.56 Å². The number of phenols is 1. The van der Waals surface area contributed by atoms with Gasteiger partial charge in [0.1, 0.15) is 5.75 Å². The molecule has 88 valence electrons. The zero-order valence-electron chi connectivity index (χ0n) is 9.35. The molecule has 0 aromatic heterocycles. The van der Waals surface area contributed by atoms with Crippen LogP contribution in [0.5, 0.6) is 5.75 Å². The molecular formula is C13H15N3O. The molecule has 17 heavy (non-hydrogen) atoms. The van der Waals surface area contributed by atoms with E-state index in [0.29, 0.717) is 17.9 Å². The minimum atomic E-state index is 0.223. The second kappa shape index (κ2) is 4.65. The maximum atomic E-state index is 9.66. The zero-order chi connectivity index (χ0) is 12.3. The molecule has 0 fully saturated rings. The van der Waals surface area contributed by atoms with Gasteiger partial charge in [-0.15, -0.1) is 0 Å². The van der Waals surface area contributed by atoms with E-state index in [1.54, 1.807) is 18.2 Å². The number of para-hydroxylation sites is 2. The molecule has 4 nitrogen and oxygen atoms in total. The van der Waals surface area contributed by atoms with Crippen molar-refractivity contribution >= 4 is 17.1 Å². The number of aromatic hydroxyl groups is 1. The number of nitrogens with one attached hydrogen (secondary N) is 1. The van der Waals surface area contributed by atoms with Gasteiger partial charge >= 0.3 is 0 Å². The lowest BCUT2D eigenvalue weighted by Crippen LogP contribution is -2.03. The fourth-order valence-corrected chi connectivity index (χ4v) is 1.60. The molecule has 2 rings (SSSR count).